The van der Waals surface area contributed by atoms with E-state index in [0.717, 1.165) is 19.0 Å². The van der Waals surface area contributed by atoms with Crippen molar-refractivity contribution in [3.63, 3.8) is 0 Å². The third-order valence-corrected chi connectivity index (χ3v) is 5.22. The molecule has 0 aliphatic carbocycles. The average molecular weight is 439 g/mol. The quantitative estimate of drug-likeness (QED) is 0.533. The highest BCUT2D eigenvalue weighted by atomic mass is 35.5. The van der Waals surface area contributed by atoms with E-state index in [1.165, 1.54) is 0 Å². The first kappa shape index (κ1) is 20.3. The summed E-state index contributed by atoms with van der Waals surface area (Å²) in [6.07, 6.45) is -3.21. The van der Waals surface area contributed by atoms with E-state index in [0.29, 0.717) is 13.0 Å². The average Bonchev–Trinajstić information content (AvgIpc) is 2.63. The van der Waals surface area contributed by atoms with Gasteiger partial charge in [-0.3, -0.25) is 4.90 Å². The van der Waals surface area contributed by atoms with E-state index in [-0.39, 0.29) is 29.4 Å². The molecule has 2 bridgehead atoms. The molecule has 0 spiro atoms. The van der Waals surface area contributed by atoms with Crippen LogP contribution in [0.3, 0.4) is 0 Å². The molecule has 0 saturated carbocycles. The highest BCUT2D eigenvalue weighted by Crippen LogP contribution is 2.36. The van der Waals surface area contributed by atoms with E-state index in [1.807, 2.05) is 0 Å². The molecule has 158 valence electrons. The molecule has 4 heterocycles. The Morgan fingerprint density at radius 2 is 2.07 bits per heavy atom. The van der Waals surface area contributed by atoms with Crippen LogP contribution in [0.25, 0.3) is 10.9 Å². The molecule has 2 aromatic heterocycles. The van der Waals surface area contributed by atoms with E-state index in [9.17, 15) is 22.0 Å². The standard InChI is InChI=1S/C17H16ClF5N4O2/c18-13-11(20)12-10(5-24-13)14(28-7-17(21,22)23)26-16(25-12)29-15-8-2-1-3-27(15)6-9(19)4-8/h5,8-9,15H,1-4,6-7H2/t8-,9-,15?/m1/s1. The van der Waals surface area contributed by atoms with Crippen LogP contribution in [0, 0.1) is 11.7 Å². The number of alkyl halides is 4. The number of rotatable bonds is 4. The van der Waals surface area contributed by atoms with Gasteiger partial charge in [-0.15, -0.1) is 0 Å². The van der Waals surface area contributed by atoms with Gasteiger partial charge >= 0.3 is 12.2 Å². The number of pyridine rings is 1. The molecule has 2 aliphatic heterocycles. The van der Waals surface area contributed by atoms with Gasteiger partial charge in [-0.25, -0.2) is 13.8 Å². The molecular formula is C17H16ClF5N4O2. The fraction of sp³-hybridized carbons (Fsp3) is 0.588. The molecule has 2 aromatic rings. The van der Waals surface area contributed by atoms with E-state index in [1.54, 1.807) is 4.90 Å². The fourth-order valence-electron chi connectivity index (χ4n) is 3.79. The SMILES string of the molecule is Fc1c(Cl)ncc2c(OCC(F)(F)F)nc(OC3[C@@H]4CCCN3C[C@H](F)C4)nc12. The third kappa shape index (κ3) is 4.30. The predicted octanol–water partition coefficient (Wildman–Crippen LogP) is 3.92. The second kappa shape index (κ2) is 7.67. The van der Waals surface area contributed by atoms with Crippen molar-refractivity contribution in [1.82, 2.24) is 19.9 Å². The summed E-state index contributed by atoms with van der Waals surface area (Å²) in [6.45, 7) is -0.850. The second-order valence-corrected chi connectivity index (χ2v) is 7.44. The minimum Gasteiger partial charge on any atom is -0.467 e. The van der Waals surface area contributed by atoms with Crippen LogP contribution in [0.1, 0.15) is 19.3 Å². The molecule has 2 unspecified atom stereocenters. The summed E-state index contributed by atoms with van der Waals surface area (Å²) >= 11 is 5.67. The summed E-state index contributed by atoms with van der Waals surface area (Å²) in [7, 11) is 0. The number of fused-ring (bicyclic) bond motifs is 3. The first-order valence-electron chi connectivity index (χ1n) is 8.97. The van der Waals surface area contributed by atoms with Gasteiger partial charge in [-0.2, -0.15) is 23.1 Å². The molecular weight excluding hydrogens is 423 g/mol. The normalized spacial score (nSPS) is 27.1. The maximum atomic E-state index is 14.4. The molecule has 2 saturated heterocycles. The lowest BCUT2D eigenvalue weighted by atomic mass is 9.86. The summed E-state index contributed by atoms with van der Waals surface area (Å²) in [5, 5.41) is -0.668. The monoisotopic (exact) mass is 438 g/mol. The van der Waals surface area contributed by atoms with Crippen molar-refractivity contribution in [2.45, 2.75) is 37.8 Å². The zero-order valence-corrected chi connectivity index (χ0v) is 15.7. The minimum absolute atomic E-state index is 0.128. The van der Waals surface area contributed by atoms with Crippen molar-refractivity contribution in [3.8, 4) is 11.9 Å². The number of aromatic nitrogens is 3. The fourth-order valence-corrected chi connectivity index (χ4v) is 3.93. The van der Waals surface area contributed by atoms with E-state index in [4.69, 9.17) is 21.1 Å². The predicted molar refractivity (Wildman–Crippen MR) is 92.1 cm³/mol. The molecule has 0 aromatic carbocycles. The third-order valence-electron chi connectivity index (χ3n) is 4.96. The van der Waals surface area contributed by atoms with Crippen LogP contribution < -0.4 is 9.47 Å². The van der Waals surface area contributed by atoms with Gasteiger partial charge in [0.2, 0.25) is 5.88 Å². The van der Waals surface area contributed by atoms with Crippen molar-refractivity contribution in [2.24, 2.45) is 5.92 Å². The molecule has 2 fully saturated rings. The lowest BCUT2D eigenvalue weighted by Gasteiger charge is -2.45. The van der Waals surface area contributed by atoms with Gasteiger partial charge in [-0.05, 0) is 19.3 Å². The summed E-state index contributed by atoms with van der Waals surface area (Å²) in [6, 6.07) is -0.366. The highest BCUT2D eigenvalue weighted by molar-refractivity contribution is 6.30. The molecule has 0 N–H and O–H groups in total. The molecule has 4 rings (SSSR count). The lowest BCUT2D eigenvalue weighted by molar-refractivity contribution is -0.154. The Bertz CT molecular complexity index is 902. The largest absolute Gasteiger partial charge is 0.467 e. The number of nitrogens with zero attached hydrogens (tertiary/aromatic N) is 4. The van der Waals surface area contributed by atoms with Gasteiger partial charge in [0, 0.05) is 25.2 Å². The first-order chi connectivity index (χ1) is 13.7. The van der Waals surface area contributed by atoms with Crippen LogP contribution in [0.5, 0.6) is 11.9 Å². The van der Waals surface area contributed by atoms with Gasteiger partial charge in [0.1, 0.15) is 11.7 Å². The van der Waals surface area contributed by atoms with E-state index < -0.39 is 42.0 Å². The van der Waals surface area contributed by atoms with Gasteiger partial charge < -0.3 is 9.47 Å². The Hall–Kier alpha value is -2.01. The summed E-state index contributed by atoms with van der Waals surface area (Å²) in [4.78, 5) is 13.2. The van der Waals surface area contributed by atoms with Crippen LogP contribution in [-0.4, -0.2) is 58.1 Å². The van der Waals surface area contributed by atoms with Gasteiger partial charge in [-0.1, -0.05) is 11.6 Å². The number of ether oxygens (including phenoxy) is 2. The van der Waals surface area contributed by atoms with Crippen LogP contribution in [0.2, 0.25) is 5.15 Å². The molecule has 6 nitrogen and oxygen atoms in total. The van der Waals surface area contributed by atoms with Gasteiger partial charge in [0.05, 0.1) is 5.39 Å². The van der Waals surface area contributed by atoms with Crippen LogP contribution in [0.15, 0.2) is 6.20 Å². The minimum atomic E-state index is -4.63. The number of hydrogen-bond acceptors (Lipinski definition) is 6. The summed E-state index contributed by atoms with van der Waals surface area (Å²) in [5.74, 6) is -1.68. The van der Waals surface area contributed by atoms with Crippen LogP contribution in [-0.2, 0) is 0 Å². The molecule has 0 radical (unpaired) electrons. The molecule has 29 heavy (non-hydrogen) atoms. The van der Waals surface area contributed by atoms with Crippen LogP contribution >= 0.6 is 11.6 Å². The Morgan fingerprint density at radius 1 is 1.28 bits per heavy atom. The topological polar surface area (TPSA) is 60.4 Å². The Kier molecular flexibility index (Phi) is 5.36. The number of piperidine rings is 2. The van der Waals surface area contributed by atoms with Crippen molar-refractivity contribution >= 4 is 22.5 Å². The summed E-state index contributed by atoms with van der Waals surface area (Å²) < 4.78 is 76.6. The second-order valence-electron chi connectivity index (χ2n) is 7.08. The molecule has 2 aliphatic rings. The molecule has 4 atom stereocenters. The van der Waals surface area contributed by atoms with E-state index >= 15 is 0 Å². The van der Waals surface area contributed by atoms with Gasteiger partial charge in [0.25, 0.3) is 0 Å². The van der Waals surface area contributed by atoms with Crippen molar-refractivity contribution < 1.29 is 31.4 Å². The lowest BCUT2D eigenvalue weighted by Crippen LogP contribution is -2.55. The zero-order valence-electron chi connectivity index (χ0n) is 14.9. The maximum Gasteiger partial charge on any atom is 0.422 e. The smallest absolute Gasteiger partial charge is 0.422 e. The molecule has 0 amide bonds. The summed E-state index contributed by atoms with van der Waals surface area (Å²) in [5.41, 5.74) is -0.369. The Labute approximate surface area is 167 Å². The highest BCUT2D eigenvalue weighted by Gasteiger charge is 2.41. The maximum absolute atomic E-state index is 14.4. The van der Waals surface area contributed by atoms with Crippen molar-refractivity contribution in [3.05, 3.63) is 17.2 Å². The molecule has 12 heteroatoms. The van der Waals surface area contributed by atoms with Crippen LogP contribution in [0.4, 0.5) is 22.0 Å². The van der Waals surface area contributed by atoms with Crippen molar-refractivity contribution in [2.75, 3.05) is 19.7 Å². The van der Waals surface area contributed by atoms with Crippen molar-refractivity contribution in [1.29, 1.82) is 0 Å². The van der Waals surface area contributed by atoms with Gasteiger partial charge in [0.15, 0.2) is 23.8 Å². The zero-order chi connectivity index (χ0) is 20.8. The number of hydrogen-bond donors (Lipinski definition) is 0. The first-order valence-corrected chi connectivity index (χ1v) is 9.35. The Morgan fingerprint density at radius 3 is 2.79 bits per heavy atom. The van der Waals surface area contributed by atoms with E-state index in [2.05, 4.69) is 15.0 Å². The number of halogens is 6. The Balaban J connectivity index is 1.69.